The van der Waals surface area contributed by atoms with Gasteiger partial charge in [0.05, 0.1) is 5.41 Å². The first kappa shape index (κ1) is 17.6. The lowest BCUT2D eigenvalue weighted by Crippen LogP contribution is -2.44. The first-order valence-corrected chi connectivity index (χ1v) is 8.21. The topological polar surface area (TPSA) is 98.7 Å². The second kappa shape index (κ2) is 6.37. The van der Waals surface area contributed by atoms with E-state index in [-0.39, 0.29) is 42.9 Å². The second-order valence-corrected chi connectivity index (χ2v) is 7.71. The number of carbonyl (C=O) groups is 3. The number of hydrogen-bond acceptors (Lipinski definition) is 3. The molecule has 2 atom stereocenters. The molecule has 3 amide bonds. The standard InChI is InChI=1S/C16H27N3O4/c1-15(2,3)18-12(20)6-8-17-14(23)19-9-11-5-4-7-16(11,10-19)13(21)22/h11H,4-10H2,1-3H3,(H,17,23)(H,18,20)(H,21,22)/t11-,16+/m0/s1. The molecule has 0 radical (unpaired) electrons. The second-order valence-electron chi connectivity index (χ2n) is 7.71. The molecule has 3 N–H and O–H groups in total. The molecule has 7 heteroatoms. The molecule has 1 aliphatic heterocycles. The van der Waals surface area contributed by atoms with E-state index in [0.717, 1.165) is 12.8 Å². The van der Waals surface area contributed by atoms with Gasteiger partial charge in [-0.25, -0.2) is 4.79 Å². The van der Waals surface area contributed by atoms with Crippen LogP contribution in [0.3, 0.4) is 0 Å². The first-order valence-electron chi connectivity index (χ1n) is 8.21. The summed E-state index contributed by atoms with van der Waals surface area (Å²) in [5.74, 6) is -0.854. The molecule has 7 nitrogen and oxygen atoms in total. The maximum Gasteiger partial charge on any atom is 0.317 e. The van der Waals surface area contributed by atoms with Gasteiger partial charge < -0.3 is 20.6 Å². The number of amides is 3. The van der Waals surface area contributed by atoms with Crippen LogP contribution in [0.15, 0.2) is 0 Å². The molecule has 130 valence electrons. The number of carboxylic acids is 1. The van der Waals surface area contributed by atoms with Crippen LogP contribution in [0.2, 0.25) is 0 Å². The Morgan fingerprint density at radius 3 is 2.57 bits per heavy atom. The molecule has 23 heavy (non-hydrogen) atoms. The Morgan fingerprint density at radius 2 is 2.00 bits per heavy atom. The normalized spacial score (nSPS) is 26.7. The molecule has 0 aromatic heterocycles. The van der Waals surface area contributed by atoms with Gasteiger partial charge in [0, 0.05) is 31.6 Å². The van der Waals surface area contributed by atoms with Crippen LogP contribution in [0, 0.1) is 11.3 Å². The minimum atomic E-state index is -0.792. The number of carbonyl (C=O) groups excluding carboxylic acids is 2. The number of aliphatic carboxylic acids is 1. The largest absolute Gasteiger partial charge is 0.481 e. The minimum Gasteiger partial charge on any atom is -0.481 e. The van der Waals surface area contributed by atoms with Gasteiger partial charge in [0.15, 0.2) is 0 Å². The molecule has 1 saturated heterocycles. The average Bonchev–Trinajstić information content (AvgIpc) is 2.93. The van der Waals surface area contributed by atoms with Gasteiger partial charge in [-0.3, -0.25) is 9.59 Å². The number of nitrogens with one attached hydrogen (secondary N) is 2. The van der Waals surface area contributed by atoms with Crippen LogP contribution in [-0.4, -0.2) is 53.1 Å². The van der Waals surface area contributed by atoms with E-state index in [0.29, 0.717) is 13.0 Å². The molecule has 0 bridgehead atoms. The molecule has 0 aromatic rings. The van der Waals surface area contributed by atoms with Gasteiger partial charge in [-0.15, -0.1) is 0 Å². The van der Waals surface area contributed by atoms with Crippen molar-refractivity contribution in [1.29, 1.82) is 0 Å². The van der Waals surface area contributed by atoms with Crippen LogP contribution in [-0.2, 0) is 9.59 Å². The highest BCUT2D eigenvalue weighted by Gasteiger charge is 2.55. The fourth-order valence-corrected chi connectivity index (χ4v) is 3.67. The maximum atomic E-state index is 12.2. The fourth-order valence-electron chi connectivity index (χ4n) is 3.67. The molecule has 1 aliphatic carbocycles. The smallest absolute Gasteiger partial charge is 0.317 e. The van der Waals surface area contributed by atoms with Crippen molar-refractivity contribution in [3.8, 4) is 0 Å². The molecular weight excluding hydrogens is 298 g/mol. The Labute approximate surface area is 136 Å². The number of likely N-dealkylation sites (tertiary alicyclic amines) is 1. The summed E-state index contributed by atoms with van der Waals surface area (Å²) in [4.78, 5) is 37.1. The van der Waals surface area contributed by atoms with Crippen LogP contribution >= 0.6 is 0 Å². The van der Waals surface area contributed by atoms with Gasteiger partial charge in [-0.05, 0) is 39.5 Å². The zero-order valence-corrected chi connectivity index (χ0v) is 14.1. The number of carboxylic acid groups (broad SMARTS) is 1. The summed E-state index contributed by atoms with van der Waals surface area (Å²) in [6, 6.07) is -0.274. The van der Waals surface area contributed by atoms with Crippen molar-refractivity contribution in [1.82, 2.24) is 15.5 Å². The van der Waals surface area contributed by atoms with Crippen LogP contribution in [0.1, 0.15) is 46.5 Å². The van der Waals surface area contributed by atoms with Crippen LogP contribution < -0.4 is 10.6 Å². The average molecular weight is 325 g/mol. The van der Waals surface area contributed by atoms with Gasteiger partial charge in [-0.2, -0.15) is 0 Å². The monoisotopic (exact) mass is 325 g/mol. The van der Waals surface area contributed by atoms with Crippen molar-refractivity contribution in [2.24, 2.45) is 11.3 Å². The maximum absolute atomic E-state index is 12.2. The van der Waals surface area contributed by atoms with Crippen molar-refractivity contribution in [3.05, 3.63) is 0 Å². The lowest BCUT2D eigenvalue weighted by atomic mass is 9.81. The molecule has 1 saturated carbocycles. The van der Waals surface area contributed by atoms with E-state index in [1.54, 1.807) is 4.90 Å². The van der Waals surface area contributed by atoms with E-state index < -0.39 is 11.4 Å². The third kappa shape index (κ3) is 3.95. The molecular formula is C16H27N3O4. The Bertz CT molecular complexity index is 500. The minimum absolute atomic E-state index is 0.0509. The van der Waals surface area contributed by atoms with Crippen molar-refractivity contribution in [3.63, 3.8) is 0 Å². The third-order valence-corrected chi connectivity index (χ3v) is 4.73. The van der Waals surface area contributed by atoms with Crippen molar-refractivity contribution in [2.75, 3.05) is 19.6 Å². The molecule has 0 spiro atoms. The highest BCUT2D eigenvalue weighted by molar-refractivity contribution is 5.81. The number of urea groups is 1. The summed E-state index contributed by atoms with van der Waals surface area (Å²) >= 11 is 0. The predicted octanol–water partition coefficient (Wildman–Crippen LogP) is 1.19. The van der Waals surface area contributed by atoms with Crippen molar-refractivity contribution in [2.45, 2.75) is 52.0 Å². The Balaban J connectivity index is 1.80. The molecule has 2 rings (SSSR count). The van der Waals surface area contributed by atoms with Crippen LogP contribution in [0.5, 0.6) is 0 Å². The van der Waals surface area contributed by atoms with E-state index in [1.807, 2.05) is 20.8 Å². The fraction of sp³-hybridized carbons (Fsp3) is 0.812. The molecule has 2 aliphatic rings. The Morgan fingerprint density at radius 1 is 1.30 bits per heavy atom. The number of fused-ring (bicyclic) bond motifs is 1. The highest BCUT2D eigenvalue weighted by atomic mass is 16.4. The van der Waals surface area contributed by atoms with E-state index in [4.69, 9.17) is 0 Å². The summed E-state index contributed by atoms with van der Waals surface area (Å²) in [7, 11) is 0. The van der Waals surface area contributed by atoms with Gasteiger partial charge in [-0.1, -0.05) is 6.42 Å². The zero-order chi connectivity index (χ0) is 17.3. The zero-order valence-electron chi connectivity index (χ0n) is 14.1. The molecule has 2 fully saturated rings. The molecule has 0 unspecified atom stereocenters. The number of hydrogen-bond donors (Lipinski definition) is 3. The Kier molecular flexibility index (Phi) is 4.87. The quantitative estimate of drug-likeness (QED) is 0.723. The van der Waals surface area contributed by atoms with Gasteiger partial charge >= 0.3 is 12.0 Å². The van der Waals surface area contributed by atoms with Crippen molar-refractivity contribution < 1.29 is 19.5 Å². The molecule has 0 aromatic carbocycles. The van der Waals surface area contributed by atoms with Gasteiger partial charge in [0.1, 0.15) is 0 Å². The SMILES string of the molecule is CC(C)(C)NC(=O)CCNC(=O)N1C[C@@H]2CCC[C@@]2(C(=O)O)C1. The predicted molar refractivity (Wildman–Crippen MR) is 84.9 cm³/mol. The summed E-state index contributed by atoms with van der Waals surface area (Å²) < 4.78 is 0. The van der Waals surface area contributed by atoms with Gasteiger partial charge in [0.25, 0.3) is 0 Å². The summed E-state index contributed by atoms with van der Waals surface area (Å²) in [6.07, 6.45) is 2.64. The van der Waals surface area contributed by atoms with E-state index in [2.05, 4.69) is 10.6 Å². The van der Waals surface area contributed by atoms with Gasteiger partial charge in [0.2, 0.25) is 5.91 Å². The number of nitrogens with zero attached hydrogens (tertiary/aromatic N) is 1. The van der Waals surface area contributed by atoms with Crippen molar-refractivity contribution >= 4 is 17.9 Å². The highest BCUT2D eigenvalue weighted by Crippen LogP contribution is 2.48. The van der Waals surface area contributed by atoms with E-state index in [1.165, 1.54) is 0 Å². The summed E-state index contributed by atoms with van der Waals surface area (Å²) in [6.45, 7) is 6.72. The van der Waals surface area contributed by atoms with Crippen LogP contribution in [0.25, 0.3) is 0 Å². The first-order chi connectivity index (χ1) is 10.6. The third-order valence-electron chi connectivity index (χ3n) is 4.73. The van der Waals surface area contributed by atoms with E-state index >= 15 is 0 Å². The molecule has 1 heterocycles. The lowest BCUT2D eigenvalue weighted by Gasteiger charge is -2.23. The summed E-state index contributed by atoms with van der Waals surface area (Å²) in [5.41, 5.74) is -1.05. The lowest BCUT2D eigenvalue weighted by molar-refractivity contribution is -0.149. The van der Waals surface area contributed by atoms with Crippen LogP contribution in [0.4, 0.5) is 4.79 Å². The summed E-state index contributed by atoms with van der Waals surface area (Å²) in [5, 5.41) is 15.1. The van der Waals surface area contributed by atoms with E-state index in [9.17, 15) is 19.5 Å². The Hall–Kier alpha value is -1.79. The number of rotatable bonds is 4.